The Balaban J connectivity index is 2.84. The van der Waals surface area contributed by atoms with E-state index < -0.39 is 12.2 Å². The van der Waals surface area contributed by atoms with Gasteiger partial charge in [-0.25, -0.2) is 4.68 Å². The molecule has 1 aromatic heterocycles. The number of hydrogen-bond acceptors (Lipinski definition) is 4. The predicted molar refractivity (Wildman–Crippen MR) is 37.6 cm³/mol. The molecule has 0 aliphatic rings. The van der Waals surface area contributed by atoms with Crippen molar-refractivity contribution in [3.05, 3.63) is 11.9 Å². The largest absolute Gasteiger partial charge is 0.390 e. The summed E-state index contributed by atoms with van der Waals surface area (Å²) in [6, 6.07) is 0. The Kier molecular flexibility index (Phi) is 2.21. The average molecular weight is 157 g/mol. The van der Waals surface area contributed by atoms with Crippen molar-refractivity contribution in [1.82, 2.24) is 15.0 Å². The van der Waals surface area contributed by atoms with Crippen LogP contribution in [0.4, 0.5) is 0 Å². The number of hydrogen-bond donors (Lipinski definition) is 2. The summed E-state index contributed by atoms with van der Waals surface area (Å²) in [5.74, 6) is 0. The maximum Gasteiger partial charge on any atom is 0.123 e. The minimum atomic E-state index is -0.907. The number of aryl methyl sites for hydroxylation is 1. The molecule has 0 saturated carbocycles. The molecule has 0 aliphatic heterocycles. The summed E-state index contributed by atoms with van der Waals surface area (Å²) in [5.41, 5.74) is 0.514. The molecule has 2 atom stereocenters. The first kappa shape index (κ1) is 8.16. The van der Waals surface area contributed by atoms with Gasteiger partial charge in [0.25, 0.3) is 0 Å². The third-order valence-corrected chi connectivity index (χ3v) is 1.51. The number of aliphatic hydroxyl groups excluding tert-OH is 2. The van der Waals surface area contributed by atoms with Crippen molar-refractivity contribution in [1.29, 1.82) is 0 Å². The van der Waals surface area contributed by atoms with Crippen LogP contribution < -0.4 is 0 Å². The Morgan fingerprint density at radius 2 is 2.18 bits per heavy atom. The molecule has 1 rings (SSSR count). The van der Waals surface area contributed by atoms with Gasteiger partial charge in [-0.1, -0.05) is 5.21 Å². The topological polar surface area (TPSA) is 71.2 Å². The van der Waals surface area contributed by atoms with Crippen LogP contribution in [0.3, 0.4) is 0 Å². The lowest BCUT2D eigenvalue weighted by atomic mass is 10.2. The molecule has 11 heavy (non-hydrogen) atoms. The second-order valence-electron chi connectivity index (χ2n) is 2.47. The van der Waals surface area contributed by atoms with Crippen molar-refractivity contribution in [3.63, 3.8) is 0 Å². The monoisotopic (exact) mass is 157 g/mol. The molecular formula is C6H11N3O2. The maximum atomic E-state index is 9.32. The molecule has 1 heterocycles. The van der Waals surface area contributed by atoms with Crippen LogP contribution in [-0.2, 0) is 7.05 Å². The molecule has 0 aromatic carbocycles. The highest BCUT2D eigenvalue weighted by molar-refractivity contribution is 4.99. The minimum absolute atomic E-state index is 0.514. The van der Waals surface area contributed by atoms with E-state index >= 15 is 0 Å². The lowest BCUT2D eigenvalue weighted by molar-refractivity contribution is 0.0254. The van der Waals surface area contributed by atoms with Crippen LogP contribution in [0.1, 0.15) is 18.7 Å². The first-order valence-corrected chi connectivity index (χ1v) is 3.33. The third kappa shape index (κ3) is 1.55. The molecule has 0 bridgehead atoms. The highest BCUT2D eigenvalue weighted by Crippen LogP contribution is 2.13. The van der Waals surface area contributed by atoms with Crippen molar-refractivity contribution < 1.29 is 10.2 Å². The summed E-state index contributed by atoms with van der Waals surface area (Å²) in [6.45, 7) is 1.51. The zero-order chi connectivity index (χ0) is 8.43. The summed E-state index contributed by atoms with van der Waals surface area (Å²) in [4.78, 5) is 0. The van der Waals surface area contributed by atoms with Crippen molar-refractivity contribution >= 4 is 0 Å². The molecule has 2 N–H and O–H groups in total. The van der Waals surface area contributed by atoms with Gasteiger partial charge in [-0.05, 0) is 6.92 Å². The van der Waals surface area contributed by atoms with Crippen LogP contribution >= 0.6 is 0 Å². The zero-order valence-electron chi connectivity index (χ0n) is 6.47. The third-order valence-electron chi connectivity index (χ3n) is 1.51. The van der Waals surface area contributed by atoms with E-state index in [4.69, 9.17) is 5.11 Å². The van der Waals surface area contributed by atoms with E-state index in [2.05, 4.69) is 10.3 Å². The van der Waals surface area contributed by atoms with Gasteiger partial charge >= 0.3 is 0 Å². The highest BCUT2D eigenvalue weighted by Gasteiger charge is 2.16. The molecule has 5 heteroatoms. The first-order valence-electron chi connectivity index (χ1n) is 3.33. The maximum absolute atomic E-state index is 9.32. The summed E-state index contributed by atoms with van der Waals surface area (Å²) in [5, 5.41) is 25.5. The van der Waals surface area contributed by atoms with Gasteiger partial charge < -0.3 is 10.2 Å². The number of nitrogens with zero attached hydrogens (tertiary/aromatic N) is 3. The number of aliphatic hydroxyl groups is 2. The quantitative estimate of drug-likeness (QED) is 0.591. The van der Waals surface area contributed by atoms with Gasteiger partial charge in [0, 0.05) is 7.05 Å². The van der Waals surface area contributed by atoms with E-state index in [-0.39, 0.29) is 0 Å². The molecule has 0 saturated heterocycles. The Bertz CT molecular complexity index is 233. The second-order valence-corrected chi connectivity index (χ2v) is 2.47. The first-order chi connectivity index (χ1) is 5.13. The standard InChI is InChI=1S/C6H11N3O2/c1-4(10)6(11)5-3-7-8-9(5)2/h3-4,6,10-11H,1-2H3. The number of rotatable bonds is 2. The van der Waals surface area contributed by atoms with Crippen LogP contribution in [0.2, 0.25) is 0 Å². The molecule has 0 radical (unpaired) electrons. The Morgan fingerprint density at radius 1 is 1.55 bits per heavy atom. The van der Waals surface area contributed by atoms with Gasteiger partial charge in [0.1, 0.15) is 6.10 Å². The van der Waals surface area contributed by atoms with E-state index in [9.17, 15) is 5.11 Å². The Morgan fingerprint density at radius 3 is 2.55 bits per heavy atom. The van der Waals surface area contributed by atoms with Crippen LogP contribution in [0.5, 0.6) is 0 Å². The molecule has 0 fully saturated rings. The fourth-order valence-electron chi connectivity index (χ4n) is 0.813. The molecule has 62 valence electrons. The van der Waals surface area contributed by atoms with Crippen LogP contribution in [0, 0.1) is 0 Å². The van der Waals surface area contributed by atoms with Crippen LogP contribution in [-0.4, -0.2) is 31.3 Å². The molecular weight excluding hydrogens is 146 g/mol. The van der Waals surface area contributed by atoms with Crippen LogP contribution in [0.15, 0.2) is 6.20 Å². The van der Waals surface area contributed by atoms with Crippen molar-refractivity contribution in [3.8, 4) is 0 Å². The van der Waals surface area contributed by atoms with Crippen molar-refractivity contribution in [2.45, 2.75) is 19.1 Å². The van der Waals surface area contributed by atoms with Crippen molar-refractivity contribution in [2.24, 2.45) is 7.05 Å². The average Bonchev–Trinajstić information content (AvgIpc) is 2.33. The SMILES string of the molecule is CC(O)C(O)c1cnnn1C. The molecule has 0 amide bonds. The van der Waals surface area contributed by atoms with Gasteiger partial charge in [-0.15, -0.1) is 5.10 Å². The van der Waals surface area contributed by atoms with Gasteiger partial charge in [0.15, 0.2) is 0 Å². The van der Waals surface area contributed by atoms with Gasteiger partial charge in [0.2, 0.25) is 0 Å². The minimum Gasteiger partial charge on any atom is -0.390 e. The number of aromatic nitrogens is 3. The molecule has 2 unspecified atom stereocenters. The molecule has 0 spiro atoms. The lowest BCUT2D eigenvalue weighted by Gasteiger charge is -2.11. The zero-order valence-corrected chi connectivity index (χ0v) is 6.47. The highest BCUT2D eigenvalue weighted by atomic mass is 16.3. The smallest absolute Gasteiger partial charge is 0.123 e. The Labute approximate surface area is 64.3 Å². The van der Waals surface area contributed by atoms with Gasteiger partial charge in [-0.2, -0.15) is 0 Å². The van der Waals surface area contributed by atoms with E-state index in [0.29, 0.717) is 5.69 Å². The van der Waals surface area contributed by atoms with E-state index in [1.807, 2.05) is 0 Å². The fraction of sp³-hybridized carbons (Fsp3) is 0.667. The second kappa shape index (κ2) is 2.98. The fourth-order valence-corrected chi connectivity index (χ4v) is 0.813. The van der Waals surface area contributed by atoms with Gasteiger partial charge in [-0.3, -0.25) is 0 Å². The van der Waals surface area contributed by atoms with E-state index in [1.54, 1.807) is 7.05 Å². The normalized spacial score (nSPS) is 16.4. The molecule has 1 aromatic rings. The lowest BCUT2D eigenvalue weighted by Crippen LogP contribution is -2.16. The van der Waals surface area contributed by atoms with Crippen molar-refractivity contribution in [2.75, 3.05) is 0 Å². The van der Waals surface area contributed by atoms with Gasteiger partial charge in [0.05, 0.1) is 18.0 Å². The summed E-state index contributed by atoms with van der Waals surface area (Å²) >= 11 is 0. The Hall–Kier alpha value is -0.940. The summed E-state index contributed by atoms with van der Waals surface area (Å²) in [6.07, 6.45) is -0.278. The summed E-state index contributed by atoms with van der Waals surface area (Å²) in [7, 11) is 1.66. The predicted octanol–water partition coefficient (Wildman–Crippen LogP) is -0.771. The summed E-state index contributed by atoms with van der Waals surface area (Å²) < 4.78 is 1.43. The molecule has 0 aliphatic carbocycles. The van der Waals surface area contributed by atoms with E-state index in [0.717, 1.165) is 0 Å². The van der Waals surface area contributed by atoms with Crippen LogP contribution in [0.25, 0.3) is 0 Å². The molecule has 5 nitrogen and oxygen atoms in total. The van der Waals surface area contributed by atoms with E-state index in [1.165, 1.54) is 17.8 Å².